The fourth-order valence-corrected chi connectivity index (χ4v) is 2.85. The highest BCUT2D eigenvalue weighted by Crippen LogP contribution is 2.29. The Bertz CT molecular complexity index is 181. The van der Waals surface area contributed by atoms with E-state index in [0.717, 1.165) is 6.04 Å². The van der Waals surface area contributed by atoms with E-state index in [9.17, 15) is 0 Å². The van der Waals surface area contributed by atoms with Gasteiger partial charge in [0.15, 0.2) is 0 Å². The molecule has 0 aromatic rings. The summed E-state index contributed by atoms with van der Waals surface area (Å²) in [6, 6.07) is 0.890. The van der Waals surface area contributed by atoms with Gasteiger partial charge >= 0.3 is 0 Å². The van der Waals surface area contributed by atoms with Crippen molar-refractivity contribution in [2.45, 2.75) is 57.0 Å². The Morgan fingerprint density at radius 2 is 2.14 bits per heavy atom. The van der Waals surface area contributed by atoms with E-state index >= 15 is 0 Å². The Balaban J connectivity index is 1.86. The van der Waals surface area contributed by atoms with Crippen molar-refractivity contribution >= 4 is 0 Å². The van der Waals surface area contributed by atoms with Crippen molar-refractivity contribution in [3.8, 4) is 0 Å². The molecular formula is C12H24N2. The molecule has 14 heavy (non-hydrogen) atoms. The smallest absolute Gasteiger partial charge is 0.0306 e. The molecule has 0 amide bonds. The molecule has 1 N–H and O–H groups in total. The molecule has 2 fully saturated rings. The number of likely N-dealkylation sites (N-methyl/N-ethyl adjacent to an activating group) is 1. The van der Waals surface area contributed by atoms with Crippen LogP contribution < -0.4 is 5.32 Å². The molecule has 0 radical (unpaired) electrons. The molecule has 1 saturated heterocycles. The lowest BCUT2D eigenvalue weighted by molar-refractivity contribution is 0.117. The van der Waals surface area contributed by atoms with Crippen LogP contribution in [0.25, 0.3) is 0 Å². The highest BCUT2D eigenvalue weighted by Gasteiger charge is 2.35. The molecule has 0 bridgehead atoms. The Morgan fingerprint density at radius 1 is 1.36 bits per heavy atom. The second kappa shape index (κ2) is 4.19. The van der Waals surface area contributed by atoms with Crippen molar-refractivity contribution in [1.82, 2.24) is 10.2 Å². The average Bonchev–Trinajstić information content (AvgIpc) is 2.50. The average molecular weight is 196 g/mol. The standard InChI is InChI=1S/C12H24N2/c1-3-12(8-5-9-13-12)10-14(2)11-6-4-7-11/h11,13H,3-10H2,1-2H3. The van der Waals surface area contributed by atoms with Crippen LogP contribution in [0.1, 0.15) is 45.4 Å². The highest BCUT2D eigenvalue weighted by atomic mass is 15.2. The Morgan fingerprint density at radius 3 is 2.57 bits per heavy atom. The van der Waals surface area contributed by atoms with Gasteiger partial charge in [-0.1, -0.05) is 13.3 Å². The molecule has 1 aliphatic carbocycles. The van der Waals surface area contributed by atoms with Gasteiger partial charge in [0.05, 0.1) is 0 Å². The van der Waals surface area contributed by atoms with Crippen LogP contribution in [0.15, 0.2) is 0 Å². The second-order valence-corrected chi connectivity index (χ2v) is 5.16. The lowest BCUT2D eigenvalue weighted by Crippen LogP contribution is -2.52. The summed E-state index contributed by atoms with van der Waals surface area (Å²) in [5.41, 5.74) is 0.449. The van der Waals surface area contributed by atoms with Crippen LogP contribution in [-0.2, 0) is 0 Å². The van der Waals surface area contributed by atoms with Crippen LogP contribution in [0.5, 0.6) is 0 Å². The summed E-state index contributed by atoms with van der Waals surface area (Å²) in [5.74, 6) is 0. The largest absolute Gasteiger partial charge is 0.310 e. The number of nitrogens with one attached hydrogen (secondary N) is 1. The molecule has 2 nitrogen and oxygen atoms in total. The van der Waals surface area contributed by atoms with E-state index < -0.39 is 0 Å². The first-order valence-electron chi connectivity index (χ1n) is 6.21. The number of hydrogen-bond acceptors (Lipinski definition) is 2. The zero-order chi connectivity index (χ0) is 10.0. The van der Waals surface area contributed by atoms with Crippen LogP contribution in [0.4, 0.5) is 0 Å². The molecule has 1 heterocycles. The minimum atomic E-state index is 0.449. The number of hydrogen-bond donors (Lipinski definition) is 1. The third-order valence-corrected chi connectivity index (χ3v) is 4.26. The first-order chi connectivity index (χ1) is 6.76. The van der Waals surface area contributed by atoms with E-state index in [1.807, 2.05) is 0 Å². The van der Waals surface area contributed by atoms with Crippen LogP contribution >= 0.6 is 0 Å². The van der Waals surface area contributed by atoms with Crippen LogP contribution in [0, 0.1) is 0 Å². The zero-order valence-electron chi connectivity index (χ0n) is 9.68. The van der Waals surface area contributed by atoms with Crippen molar-refractivity contribution in [2.24, 2.45) is 0 Å². The third kappa shape index (κ3) is 1.96. The van der Waals surface area contributed by atoms with Crippen molar-refractivity contribution < 1.29 is 0 Å². The van der Waals surface area contributed by atoms with Gasteiger partial charge in [-0.3, -0.25) is 0 Å². The van der Waals surface area contributed by atoms with Gasteiger partial charge in [-0.2, -0.15) is 0 Å². The fraction of sp³-hybridized carbons (Fsp3) is 1.00. The van der Waals surface area contributed by atoms with E-state index in [0.29, 0.717) is 5.54 Å². The molecule has 2 heteroatoms. The van der Waals surface area contributed by atoms with Crippen molar-refractivity contribution in [3.63, 3.8) is 0 Å². The van der Waals surface area contributed by atoms with Gasteiger partial charge < -0.3 is 10.2 Å². The van der Waals surface area contributed by atoms with E-state index in [2.05, 4.69) is 24.2 Å². The molecule has 2 rings (SSSR count). The molecule has 82 valence electrons. The fourth-order valence-electron chi connectivity index (χ4n) is 2.85. The van der Waals surface area contributed by atoms with Gasteiger partial charge in [-0.05, 0) is 45.7 Å². The van der Waals surface area contributed by atoms with Gasteiger partial charge in [-0.15, -0.1) is 0 Å². The van der Waals surface area contributed by atoms with Crippen LogP contribution in [0.2, 0.25) is 0 Å². The lowest BCUT2D eigenvalue weighted by atomic mass is 9.88. The van der Waals surface area contributed by atoms with E-state index in [1.165, 1.54) is 51.6 Å². The molecule has 0 aromatic carbocycles. The maximum Gasteiger partial charge on any atom is 0.0306 e. The summed E-state index contributed by atoms with van der Waals surface area (Å²) in [6.45, 7) is 4.81. The van der Waals surface area contributed by atoms with E-state index in [1.54, 1.807) is 0 Å². The molecular weight excluding hydrogens is 172 g/mol. The summed E-state index contributed by atoms with van der Waals surface area (Å²) in [7, 11) is 2.31. The number of rotatable bonds is 4. The van der Waals surface area contributed by atoms with Gasteiger partial charge in [0.1, 0.15) is 0 Å². The molecule has 0 aromatic heterocycles. The predicted molar refractivity (Wildman–Crippen MR) is 60.5 cm³/mol. The van der Waals surface area contributed by atoms with Gasteiger partial charge in [0, 0.05) is 18.1 Å². The number of nitrogens with zero attached hydrogens (tertiary/aromatic N) is 1. The van der Waals surface area contributed by atoms with Gasteiger partial charge in [0.2, 0.25) is 0 Å². The molecule has 0 spiro atoms. The SMILES string of the molecule is CCC1(CN(C)C2CCC2)CCCN1. The van der Waals surface area contributed by atoms with Crippen molar-refractivity contribution in [2.75, 3.05) is 20.1 Å². The molecule has 1 atom stereocenters. The van der Waals surface area contributed by atoms with Crippen molar-refractivity contribution in [1.29, 1.82) is 0 Å². The quantitative estimate of drug-likeness (QED) is 0.740. The van der Waals surface area contributed by atoms with Gasteiger partial charge in [-0.25, -0.2) is 0 Å². The monoisotopic (exact) mass is 196 g/mol. The van der Waals surface area contributed by atoms with Crippen molar-refractivity contribution in [3.05, 3.63) is 0 Å². The third-order valence-electron chi connectivity index (χ3n) is 4.26. The van der Waals surface area contributed by atoms with Gasteiger partial charge in [0.25, 0.3) is 0 Å². The lowest BCUT2D eigenvalue weighted by Gasteiger charge is -2.40. The molecule has 1 aliphatic heterocycles. The maximum atomic E-state index is 3.71. The second-order valence-electron chi connectivity index (χ2n) is 5.16. The summed E-state index contributed by atoms with van der Waals surface area (Å²) in [5, 5.41) is 3.71. The predicted octanol–water partition coefficient (Wildman–Crippen LogP) is 2.00. The summed E-state index contributed by atoms with van der Waals surface area (Å²) >= 11 is 0. The topological polar surface area (TPSA) is 15.3 Å². The minimum absolute atomic E-state index is 0.449. The Labute approximate surface area is 88.1 Å². The van der Waals surface area contributed by atoms with Crippen LogP contribution in [-0.4, -0.2) is 36.6 Å². The highest BCUT2D eigenvalue weighted by molar-refractivity contribution is 4.95. The first kappa shape index (κ1) is 10.4. The molecule has 1 unspecified atom stereocenters. The Kier molecular flexibility index (Phi) is 3.13. The van der Waals surface area contributed by atoms with E-state index in [-0.39, 0.29) is 0 Å². The zero-order valence-corrected chi connectivity index (χ0v) is 9.68. The maximum absolute atomic E-state index is 3.71. The molecule has 1 saturated carbocycles. The minimum Gasteiger partial charge on any atom is -0.310 e. The molecule has 2 aliphatic rings. The van der Waals surface area contributed by atoms with E-state index in [4.69, 9.17) is 0 Å². The summed E-state index contributed by atoms with van der Waals surface area (Å²) < 4.78 is 0. The Hall–Kier alpha value is -0.0800. The summed E-state index contributed by atoms with van der Waals surface area (Å²) in [4.78, 5) is 2.59. The normalized spacial score (nSPS) is 33.6. The summed E-state index contributed by atoms with van der Waals surface area (Å²) in [6.07, 6.45) is 8.32. The van der Waals surface area contributed by atoms with Crippen LogP contribution in [0.3, 0.4) is 0 Å². The first-order valence-corrected chi connectivity index (χ1v) is 6.21.